The summed E-state index contributed by atoms with van der Waals surface area (Å²) in [5.41, 5.74) is 0.920. The summed E-state index contributed by atoms with van der Waals surface area (Å²) in [5.74, 6) is 2.10. The van der Waals surface area contributed by atoms with E-state index in [4.69, 9.17) is 0 Å². The van der Waals surface area contributed by atoms with Gasteiger partial charge in [0.25, 0.3) is 0 Å². The molecule has 1 fully saturated rings. The van der Waals surface area contributed by atoms with Crippen molar-refractivity contribution < 1.29 is 4.79 Å². The fourth-order valence-corrected chi connectivity index (χ4v) is 3.60. The summed E-state index contributed by atoms with van der Waals surface area (Å²) in [5, 5.41) is 6.92. The Kier molecular flexibility index (Phi) is 3.16. The quantitative estimate of drug-likeness (QED) is 0.846. The van der Waals surface area contributed by atoms with Gasteiger partial charge in [-0.2, -0.15) is 0 Å². The van der Waals surface area contributed by atoms with E-state index < -0.39 is 0 Å². The van der Waals surface area contributed by atoms with Gasteiger partial charge in [-0.25, -0.2) is 0 Å². The Morgan fingerprint density at radius 1 is 1.50 bits per heavy atom. The molecular formula is C13H17N3OS. The lowest BCUT2D eigenvalue weighted by Gasteiger charge is -2.17. The molecule has 0 saturated heterocycles. The normalized spacial score (nSPS) is 28.8. The second kappa shape index (κ2) is 4.80. The second-order valence-electron chi connectivity index (χ2n) is 5.30. The number of fused-ring (bicyclic) bond motifs is 2. The molecule has 3 atom stereocenters. The summed E-state index contributed by atoms with van der Waals surface area (Å²) >= 11 is 1.36. The number of carbonyl (C=O) groups is 1. The van der Waals surface area contributed by atoms with E-state index in [-0.39, 0.29) is 5.91 Å². The van der Waals surface area contributed by atoms with Gasteiger partial charge in [0.15, 0.2) is 0 Å². The summed E-state index contributed by atoms with van der Waals surface area (Å²) in [7, 11) is 0. The molecule has 0 unspecified atom stereocenters. The van der Waals surface area contributed by atoms with Gasteiger partial charge < -0.3 is 5.32 Å². The Labute approximate surface area is 111 Å². The average molecular weight is 263 g/mol. The number of hydrogen-bond acceptors (Lipinski definition) is 4. The van der Waals surface area contributed by atoms with E-state index in [0.29, 0.717) is 24.8 Å². The lowest BCUT2D eigenvalue weighted by atomic mass is 9.90. The SMILES string of the molecule is Cc1nnsc1CNC(=O)C[C@@H]1C[C@@H]2C=C[C@H]1C2. The maximum Gasteiger partial charge on any atom is 0.220 e. The summed E-state index contributed by atoms with van der Waals surface area (Å²) in [6, 6.07) is 0. The molecule has 96 valence electrons. The summed E-state index contributed by atoms with van der Waals surface area (Å²) in [6.45, 7) is 2.49. The molecule has 0 spiro atoms. The molecule has 3 rings (SSSR count). The van der Waals surface area contributed by atoms with Gasteiger partial charge in [-0.15, -0.1) is 5.10 Å². The van der Waals surface area contributed by atoms with Crippen LogP contribution >= 0.6 is 11.5 Å². The molecule has 1 amide bonds. The van der Waals surface area contributed by atoms with E-state index in [9.17, 15) is 4.79 Å². The highest BCUT2D eigenvalue weighted by Gasteiger charge is 2.36. The number of carbonyl (C=O) groups excluding carboxylic acids is 1. The molecule has 5 heteroatoms. The zero-order valence-electron chi connectivity index (χ0n) is 10.4. The summed E-state index contributed by atoms with van der Waals surface area (Å²) < 4.78 is 3.87. The minimum Gasteiger partial charge on any atom is -0.351 e. The molecule has 1 aromatic rings. The fourth-order valence-electron chi connectivity index (χ4n) is 3.03. The number of nitrogens with zero attached hydrogens (tertiary/aromatic N) is 2. The highest BCUT2D eigenvalue weighted by molar-refractivity contribution is 7.05. The largest absolute Gasteiger partial charge is 0.351 e. The molecule has 1 saturated carbocycles. The van der Waals surface area contributed by atoms with Gasteiger partial charge in [-0.3, -0.25) is 4.79 Å². The number of allylic oxidation sites excluding steroid dienone is 2. The molecule has 2 bridgehead atoms. The molecular weight excluding hydrogens is 246 g/mol. The maximum atomic E-state index is 11.9. The minimum atomic E-state index is 0.161. The third kappa shape index (κ3) is 2.32. The van der Waals surface area contributed by atoms with Crippen LogP contribution in [0.15, 0.2) is 12.2 Å². The van der Waals surface area contributed by atoms with E-state index in [1.807, 2.05) is 6.92 Å². The van der Waals surface area contributed by atoms with Crippen LogP contribution in [0.5, 0.6) is 0 Å². The van der Waals surface area contributed by atoms with Gasteiger partial charge in [0.1, 0.15) is 0 Å². The van der Waals surface area contributed by atoms with Gasteiger partial charge >= 0.3 is 0 Å². The van der Waals surface area contributed by atoms with Crippen molar-refractivity contribution in [2.45, 2.75) is 32.7 Å². The van der Waals surface area contributed by atoms with Gasteiger partial charge in [0.2, 0.25) is 5.91 Å². The van der Waals surface area contributed by atoms with Gasteiger partial charge in [0.05, 0.1) is 17.1 Å². The van der Waals surface area contributed by atoms with Crippen molar-refractivity contribution in [1.29, 1.82) is 0 Å². The molecule has 0 radical (unpaired) electrons. The number of hydrogen-bond donors (Lipinski definition) is 1. The highest BCUT2D eigenvalue weighted by atomic mass is 32.1. The lowest BCUT2D eigenvalue weighted by molar-refractivity contribution is -0.122. The van der Waals surface area contributed by atoms with Crippen molar-refractivity contribution in [3.8, 4) is 0 Å². The van der Waals surface area contributed by atoms with Crippen LogP contribution in [0.2, 0.25) is 0 Å². The summed E-state index contributed by atoms with van der Waals surface area (Å²) in [6.07, 6.45) is 7.72. The number of rotatable bonds is 4. The molecule has 1 heterocycles. The van der Waals surface area contributed by atoms with Crippen LogP contribution in [0.4, 0.5) is 0 Å². The first-order chi connectivity index (χ1) is 8.72. The molecule has 2 aliphatic carbocycles. The van der Waals surface area contributed by atoms with Crippen molar-refractivity contribution >= 4 is 17.4 Å². The first-order valence-corrected chi connectivity index (χ1v) is 7.22. The maximum absolute atomic E-state index is 11.9. The van der Waals surface area contributed by atoms with Crippen LogP contribution in [-0.2, 0) is 11.3 Å². The Morgan fingerprint density at radius 3 is 3.00 bits per heavy atom. The third-order valence-corrected chi connectivity index (χ3v) is 4.88. The van der Waals surface area contributed by atoms with Gasteiger partial charge in [-0.1, -0.05) is 16.6 Å². The van der Waals surface area contributed by atoms with Crippen LogP contribution in [0.25, 0.3) is 0 Å². The first-order valence-electron chi connectivity index (χ1n) is 6.45. The molecule has 2 aliphatic rings. The number of aromatic nitrogens is 2. The summed E-state index contributed by atoms with van der Waals surface area (Å²) in [4.78, 5) is 13.0. The smallest absolute Gasteiger partial charge is 0.220 e. The Balaban J connectivity index is 1.48. The van der Waals surface area contributed by atoms with Crippen molar-refractivity contribution in [3.05, 3.63) is 22.7 Å². The molecule has 0 aliphatic heterocycles. The van der Waals surface area contributed by atoms with Crippen molar-refractivity contribution in [3.63, 3.8) is 0 Å². The van der Waals surface area contributed by atoms with E-state index in [2.05, 4.69) is 27.1 Å². The Bertz CT molecular complexity index is 482. The minimum absolute atomic E-state index is 0.161. The van der Waals surface area contributed by atoms with Crippen LogP contribution < -0.4 is 5.32 Å². The molecule has 1 N–H and O–H groups in total. The van der Waals surface area contributed by atoms with Crippen LogP contribution in [0, 0.1) is 24.7 Å². The van der Waals surface area contributed by atoms with Crippen LogP contribution in [-0.4, -0.2) is 15.5 Å². The number of amides is 1. The van der Waals surface area contributed by atoms with Crippen molar-refractivity contribution in [2.24, 2.45) is 17.8 Å². The number of nitrogens with one attached hydrogen (secondary N) is 1. The van der Waals surface area contributed by atoms with E-state index in [1.54, 1.807) is 0 Å². The van der Waals surface area contributed by atoms with Gasteiger partial charge in [0, 0.05) is 6.42 Å². The zero-order chi connectivity index (χ0) is 12.5. The van der Waals surface area contributed by atoms with E-state index >= 15 is 0 Å². The zero-order valence-corrected chi connectivity index (χ0v) is 11.2. The topological polar surface area (TPSA) is 54.9 Å². The van der Waals surface area contributed by atoms with E-state index in [0.717, 1.165) is 16.5 Å². The van der Waals surface area contributed by atoms with E-state index in [1.165, 1.54) is 24.4 Å². The highest BCUT2D eigenvalue weighted by Crippen LogP contribution is 2.44. The van der Waals surface area contributed by atoms with Gasteiger partial charge in [-0.05, 0) is 49.1 Å². The fraction of sp³-hybridized carbons (Fsp3) is 0.615. The van der Waals surface area contributed by atoms with Crippen LogP contribution in [0.1, 0.15) is 29.8 Å². The lowest BCUT2D eigenvalue weighted by Crippen LogP contribution is -2.26. The predicted molar refractivity (Wildman–Crippen MR) is 70.0 cm³/mol. The van der Waals surface area contributed by atoms with Crippen LogP contribution in [0.3, 0.4) is 0 Å². The number of aryl methyl sites for hydroxylation is 1. The Hall–Kier alpha value is -1.23. The monoisotopic (exact) mass is 263 g/mol. The standard InChI is InChI=1S/C13H17N3OS/c1-8-12(18-16-15-8)7-14-13(17)6-11-5-9-2-3-10(11)4-9/h2-3,9-11H,4-7H2,1H3,(H,14,17)/t9-,10+,11+/m1/s1. The molecule has 4 nitrogen and oxygen atoms in total. The molecule has 0 aromatic carbocycles. The second-order valence-corrected chi connectivity index (χ2v) is 6.14. The molecule has 1 aromatic heterocycles. The Morgan fingerprint density at radius 2 is 2.39 bits per heavy atom. The predicted octanol–water partition coefficient (Wildman–Crippen LogP) is 2.07. The third-order valence-electron chi connectivity index (χ3n) is 4.06. The molecule has 18 heavy (non-hydrogen) atoms. The first kappa shape index (κ1) is 11.8. The average Bonchev–Trinajstić information content (AvgIpc) is 3.03. The van der Waals surface area contributed by atoms with Crippen molar-refractivity contribution in [1.82, 2.24) is 14.9 Å². The van der Waals surface area contributed by atoms with Crippen molar-refractivity contribution in [2.75, 3.05) is 0 Å².